The average Bonchev–Trinajstić information content (AvgIpc) is 3.15. The van der Waals surface area contributed by atoms with E-state index in [1.165, 1.54) is 5.56 Å². The number of amides is 1. The fraction of sp³-hybridized carbons (Fsp3) is 0.562. The molecule has 3 rings (SSSR count). The maximum atomic E-state index is 12.3. The molecule has 1 aliphatic rings. The van der Waals surface area contributed by atoms with Crippen LogP contribution in [0.15, 0.2) is 18.5 Å². The van der Waals surface area contributed by atoms with Crippen molar-refractivity contribution in [3.63, 3.8) is 0 Å². The quantitative estimate of drug-likeness (QED) is 0.904. The molecule has 1 saturated heterocycles. The Hall–Kier alpha value is -2.15. The van der Waals surface area contributed by atoms with Crippen LogP contribution in [0.5, 0.6) is 0 Å². The van der Waals surface area contributed by atoms with Crippen molar-refractivity contribution in [2.75, 3.05) is 18.4 Å². The van der Waals surface area contributed by atoms with Crippen molar-refractivity contribution in [2.24, 2.45) is 7.05 Å². The average molecular weight is 316 g/mol. The highest BCUT2D eigenvalue weighted by Gasteiger charge is 2.27. The molecule has 2 aromatic rings. The summed E-state index contributed by atoms with van der Waals surface area (Å²) in [5.74, 6) is 0.752. The first-order valence-corrected chi connectivity index (χ1v) is 8.05. The molecule has 0 aromatic carbocycles. The number of likely N-dealkylation sites (tertiary alicyclic amines) is 1. The van der Waals surface area contributed by atoms with E-state index in [4.69, 9.17) is 0 Å². The molecular weight excluding hydrogens is 292 g/mol. The van der Waals surface area contributed by atoms with Gasteiger partial charge in [-0.1, -0.05) is 0 Å². The van der Waals surface area contributed by atoms with Gasteiger partial charge in [0.15, 0.2) is 0 Å². The van der Waals surface area contributed by atoms with Crippen LogP contribution in [0.3, 0.4) is 0 Å². The van der Waals surface area contributed by atoms with Gasteiger partial charge >= 0.3 is 0 Å². The molecule has 0 saturated carbocycles. The number of aryl methyl sites for hydroxylation is 3. The molecule has 0 bridgehead atoms. The van der Waals surface area contributed by atoms with Crippen LogP contribution in [0.1, 0.15) is 24.1 Å². The number of aromatic nitrogens is 4. The second-order valence-corrected chi connectivity index (χ2v) is 6.35. The summed E-state index contributed by atoms with van der Waals surface area (Å²) in [4.78, 5) is 14.6. The second kappa shape index (κ2) is 6.54. The number of nitrogens with zero attached hydrogens (tertiary/aromatic N) is 5. The van der Waals surface area contributed by atoms with Gasteiger partial charge in [-0.25, -0.2) is 0 Å². The van der Waals surface area contributed by atoms with E-state index < -0.39 is 0 Å². The molecule has 1 atom stereocenters. The third kappa shape index (κ3) is 3.79. The lowest BCUT2D eigenvalue weighted by molar-refractivity contribution is -0.117. The maximum Gasteiger partial charge on any atom is 0.239 e. The topological polar surface area (TPSA) is 68.0 Å². The Morgan fingerprint density at radius 1 is 1.43 bits per heavy atom. The lowest BCUT2D eigenvalue weighted by Gasteiger charge is -2.23. The van der Waals surface area contributed by atoms with Crippen LogP contribution < -0.4 is 5.32 Å². The van der Waals surface area contributed by atoms with E-state index >= 15 is 0 Å². The SMILES string of the molecule is Cc1cnn(C[C@H]2CCCN2CC(=O)Nc2cc(C)nn2C)c1. The Balaban J connectivity index is 1.57. The van der Waals surface area contributed by atoms with Gasteiger partial charge in [-0.15, -0.1) is 0 Å². The summed E-state index contributed by atoms with van der Waals surface area (Å²) in [6.07, 6.45) is 6.16. The van der Waals surface area contributed by atoms with Crippen molar-refractivity contribution >= 4 is 11.7 Å². The summed E-state index contributed by atoms with van der Waals surface area (Å²) in [5, 5.41) is 11.5. The summed E-state index contributed by atoms with van der Waals surface area (Å²) < 4.78 is 3.67. The molecule has 23 heavy (non-hydrogen) atoms. The predicted molar refractivity (Wildman–Crippen MR) is 88.1 cm³/mol. The van der Waals surface area contributed by atoms with Crippen LogP contribution in [0.25, 0.3) is 0 Å². The van der Waals surface area contributed by atoms with Crippen LogP contribution in [-0.4, -0.2) is 49.5 Å². The molecule has 1 aliphatic heterocycles. The van der Waals surface area contributed by atoms with Crippen molar-refractivity contribution in [3.8, 4) is 0 Å². The van der Waals surface area contributed by atoms with E-state index in [0.717, 1.165) is 37.4 Å². The van der Waals surface area contributed by atoms with Crippen molar-refractivity contribution in [2.45, 2.75) is 39.3 Å². The zero-order valence-corrected chi connectivity index (χ0v) is 14.0. The number of rotatable bonds is 5. The number of hydrogen-bond donors (Lipinski definition) is 1. The first-order valence-electron chi connectivity index (χ1n) is 8.05. The van der Waals surface area contributed by atoms with Gasteiger partial charge in [0.1, 0.15) is 5.82 Å². The highest BCUT2D eigenvalue weighted by molar-refractivity contribution is 5.91. The molecule has 0 radical (unpaired) electrons. The number of carbonyl (C=O) groups excluding carboxylic acids is 1. The van der Waals surface area contributed by atoms with Gasteiger partial charge in [0.25, 0.3) is 0 Å². The molecule has 3 heterocycles. The van der Waals surface area contributed by atoms with Crippen LogP contribution in [0, 0.1) is 13.8 Å². The van der Waals surface area contributed by atoms with E-state index in [1.807, 2.05) is 37.8 Å². The summed E-state index contributed by atoms with van der Waals surface area (Å²) >= 11 is 0. The fourth-order valence-electron chi connectivity index (χ4n) is 3.19. The van der Waals surface area contributed by atoms with Gasteiger partial charge in [0, 0.05) is 25.4 Å². The van der Waals surface area contributed by atoms with Crippen LogP contribution in [-0.2, 0) is 18.4 Å². The number of anilines is 1. The molecule has 0 unspecified atom stereocenters. The van der Waals surface area contributed by atoms with E-state index in [0.29, 0.717) is 12.6 Å². The summed E-state index contributed by atoms with van der Waals surface area (Å²) in [6, 6.07) is 2.25. The Kier molecular flexibility index (Phi) is 4.47. The van der Waals surface area contributed by atoms with Gasteiger partial charge in [0.05, 0.1) is 25.0 Å². The van der Waals surface area contributed by atoms with Crippen LogP contribution in [0.2, 0.25) is 0 Å². The smallest absolute Gasteiger partial charge is 0.239 e. The minimum absolute atomic E-state index is 0.0107. The Bertz CT molecular complexity index is 689. The van der Waals surface area contributed by atoms with Crippen LogP contribution in [0.4, 0.5) is 5.82 Å². The molecular formula is C16H24N6O. The lowest BCUT2D eigenvalue weighted by Crippen LogP contribution is -2.39. The van der Waals surface area contributed by atoms with Crippen molar-refractivity contribution in [1.29, 1.82) is 0 Å². The van der Waals surface area contributed by atoms with Gasteiger partial charge in [-0.3, -0.25) is 19.1 Å². The molecule has 1 fully saturated rings. The first kappa shape index (κ1) is 15.7. The Labute approximate surface area is 136 Å². The third-order valence-electron chi connectivity index (χ3n) is 4.28. The lowest BCUT2D eigenvalue weighted by atomic mass is 10.2. The molecule has 124 valence electrons. The zero-order valence-electron chi connectivity index (χ0n) is 14.0. The summed E-state index contributed by atoms with van der Waals surface area (Å²) in [6.45, 7) is 6.17. The first-order chi connectivity index (χ1) is 11.0. The third-order valence-corrected chi connectivity index (χ3v) is 4.28. The normalized spacial score (nSPS) is 18.5. The van der Waals surface area contributed by atoms with Crippen molar-refractivity contribution in [1.82, 2.24) is 24.5 Å². The Morgan fingerprint density at radius 2 is 2.26 bits per heavy atom. The van der Waals surface area contributed by atoms with Crippen molar-refractivity contribution in [3.05, 3.63) is 29.7 Å². The Morgan fingerprint density at radius 3 is 2.91 bits per heavy atom. The largest absolute Gasteiger partial charge is 0.310 e. The minimum Gasteiger partial charge on any atom is -0.310 e. The maximum absolute atomic E-state index is 12.3. The standard InChI is InChI=1S/C16H24N6O/c1-12-8-17-22(9-12)10-14-5-4-6-21(14)11-16(23)18-15-7-13(2)19-20(15)3/h7-9,14H,4-6,10-11H2,1-3H3,(H,18,23)/t14-/m1/s1. The fourth-order valence-corrected chi connectivity index (χ4v) is 3.19. The second-order valence-electron chi connectivity index (χ2n) is 6.35. The van der Waals surface area contributed by atoms with E-state index in [9.17, 15) is 4.79 Å². The van der Waals surface area contributed by atoms with Gasteiger partial charge in [-0.2, -0.15) is 10.2 Å². The summed E-state index contributed by atoms with van der Waals surface area (Å²) in [7, 11) is 1.83. The summed E-state index contributed by atoms with van der Waals surface area (Å²) in [5.41, 5.74) is 2.06. The molecule has 7 nitrogen and oxygen atoms in total. The minimum atomic E-state index is 0.0107. The highest BCUT2D eigenvalue weighted by atomic mass is 16.2. The van der Waals surface area contributed by atoms with Crippen LogP contribution >= 0.6 is 0 Å². The van der Waals surface area contributed by atoms with E-state index in [2.05, 4.69) is 26.6 Å². The molecule has 2 aromatic heterocycles. The number of carbonyl (C=O) groups is 1. The molecule has 1 N–H and O–H groups in total. The molecule has 1 amide bonds. The molecule has 0 spiro atoms. The van der Waals surface area contributed by atoms with Gasteiger partial charge in [-0.05, 0) is 38.8 Å². The number of hydrogen-bond acceptors (Lipinski definition) is 4. The van der Waals surface area contributed by atoms with Gasteiger partial charge < -0.3 is 5.32 Å². The van der Waals surface area contributed by atoms with E-state index in [-0.39, 0.29) is 5.91 Å². The van der Waals surface area contributed by atoms with E-state index in [1.54, 1.807) is 4.68 Å². The predicted octanol–water partition coefficient (Wildman–Crippen LogP) is 1.34. The monoisotopic (exact) mass is 316 g/mol. The molecule has 7 heteroatoms. The zero-order chi connectivity index (χ0) is 16.4. The van der Waals surface area contributed by atoms with Crippen molar-refractivity contribution < 1.29 is 4.79 Å². The molecule has 0 aliphatic carbocycles. The van der Waals surface area contributed by atoms with Gasteiger partial charge in [0.2, 0.25) is 5.91 Å². The number of nitrogens with one attached hydrogen (secondary N) is 1. The highest BCUT2D eigenvalue weighted by Crippen LogP contribution is 2.19.